The van der Waals surface area contributed by atoms with Gasteiger partial charge in [0.25, 0.3) is 0 Å². The molecule has 1 unspecified atom stereocenters. The molecule has 0 saturated carbocycles. The first kappa shape index (κ1) is 32.4. The zero-order valence-electron chi connectivity index (χ0n) is 21.0. The van der Waals surface area contributed by atoms with Crippen LogP contribution in [0, 0.1) is 0 Å². The van der Waals surface area contributed by atoms with E-state index in [1.165, 1.54) is 10.5 Å². The molecule has 12 heteroatoms. The number of phenols is 1. The molecule has 2 rings (SSSR count). The molecule has 0 saturated heterocycles. The molecule has 38 heavy (non-hydrogen) atoms. The van der Waals surface area contributed by atoms with Crippen molar-refractivity contribution in [2.75, 3.05) is 26.2 Å². The number of hydrogen-bond donors (Lipinski definition) is 5. The number of rotatable bonds is 13. The number of carbonyl (C=O) groups is 3. The van der Waals surface area contributed by atoms with E-state index in [-0.39, 0.29) is 24.1 Å². The zero-order chi connectivity index (χ0) is 28.6. The fourth-order valence-corrected chi connectivity index (χ4v) is 3.54. The van der Waals surface area contributed by atoms with Crippen LogP contribution in [0.15, 0.2) is 54.6 Å². The number of para-hydroxylation sites is 1. The van der Waals surface area contributed by atoms with Gasteiger partial charge >= 0.3 is 12.1 Å². The number of carboxylic acids is 1. The van der Waals surface area contributed by atoms with Crippen molar-refractivity contribution >= 4 is 17.8 Å². The van der Waals surface area contributed by atoms with Crippen LogP contribution in [0.4, 0.5) is 13.2 Å². The summed E-state index contributed by atoms with van der Waals surface area (Å²) < 4.78 is 31.7. The summed E-state index contributed by atoms with van der Waals surface area (Å²) in [4.78, 5) is 36.0. The molecule has 210 valence electrons. The fourth-order valence-electron chi connectivity index (χ4n) is 3.54. The fraction of sp³-hybridized carbons (Fsp3) is 0.423. The Bertz CT molecular complexity index is 1010. The Kier molecular flexibility index (Phi) is 14.5. The molecule has 0 bridgehead atoms. The van der Waals surface area contributed by atoms with Crippen LogP contribution in [0.1, 0.15) is 30.4 Å². The van der Waals surface area contributed by atoms with Crippen LogP contribution in [-0.2, 0) is 27.2 Å². The molecule has 0 heterocycles. The van der Waals surface area contributed by atoms with Crippen molar-refractivity contribution in [1.29, 1.82) is 0 Å². The van der Waals surface area contributed by atoms with Gasteiger partial charge in [-0.3, -0.25) is 9.59 Å². The highest BCUT2D eigenvalue weighted by atomic mass is 19.4. The van der Waals surface area contributed by atoms with Crippen molar-refractivity contribution < 1.29 is 37.8 Å². The highest BCUT2D eigenvalue weighted by Crippen LogP contribution is 2.18. The largest absolute Gasteiger partial charge is 0.508 e. The summed E-state index contributed by atoms with van der Waals surface area (Å²) in [7, 11) is 0. The van der Waals surface area contributed by atoms with E-state index in [0.29, 0.717) is 38.9 Å². The number of phenolic OH excluding ortho intramolecular Hbond substituents is 1. The number of hydrogen-bond acceptors (Lipinski definition) is 6. The molecule has 0 aliphatic heterocycles. The van der Waals surface area contributed by atoms with Crippen molar-refractivity contribution in [3.63, 3.8) is 0 Å². The number of nitrogens with two attached hydrogens (primary N) is 2. The summed E-state index contributed by atoms with van der Waals surface area (Å²) in [5.74, 6) is -3.07. The predicted octanol–water partition coefficient (Wildman–Crippen LogP) is 2.21. The number of nitrogens with one attached hydrogen (secondary N) is 1. The molecule has 7 N–H and O–H groups in total. The second kappa shape index (κ2) is 17.0. The maximum absolute atomic E-state index is 13.0. The summed E-state index contributed by atoms with van der Waals surface area (Å²) in [5, 5.41) is 20.1. The molecule has 2 aromatic carbocycles. The number of carbonyl (C=O) groups excluding carboxylic acids is 2. The van der Waals surface area contributed by atoms with Gasteiger partial charge in [0.1, 0.15) is 11.8 Å². The lowest BCUT2D eigenvalue weighted by Gasteiger charge is -2.31. The van der Waals surface area contributed by atoms with E-state index in [0.717, 1.165) is 18.4 Å². The lowest BCUT2D eigenvalue weighted by Crippen LogP contribution is -2.52. The van der Waals surface area contributed by atoms with Crippen molar-refractivity contribution in [1.82, 2.24) is 10.2 Å². The van der Waals surface area contributed by atoms with Crippen LogP contribution in [0.3, 0.4) is 0 Å². The second-order valence-electron chi connectivity index (χ2n) is 8.30. The highest BCUT2D eigenvalue weighted by Gasteiger charge is 2.38. The number of carboxylic acid groups (broad SMARTS) is 1. The molecule has 0 aliphatic rings. The van der Waals surface area contributed by atoms with E-state index in [1.54, 1.807) is 18.2 Å². The molecule has 2 amide bonds. The maximum Gasteiger partial charge on any atom is 0.490 e. The van der Waals surface area contributed by atoms with E-state index >= 15 is 0 Å². The quantitative estimate of drug-likeness (QED) is 0.244. The molecular weight excluding hydrogens is 505 g/mol. The van der Waals surface area contributed by atoms with Gasteiger partial charge in [0, 0.05) is 13.1 Å². The van der Waals surface area contributed by atoms with Gasteiger partial charge in [0.05, 0.1) is 6.54 Å². The number of benzene rings is 2. The summed E-state index contributed by atoms with van der Waals surface area (Å²) in [6.07, 6.45) is -1.89. The van der Waals surface area contributed by atoms with Gasteiger partial charge in [0.2, 0.25) is 11.8 Å². The van der Waals surface area contributed by atoms with Crippen molar-refractivity contribution in [2.45, 2.75) is 44.3 Å². The van der Waals surface area contributed by atoms with Crippen LogP contribution in [0.5, 0.6) is 5.75 Å². The second-order valence-corrected chi connectivity index (χ2v) is 8.30. The number of aryl methyl sites for hydroxylation is 1. The van der Waals surface area contributed by atoms with Gasteiger partial charge in [0.15, 0.2) is 0 Å². The van der Waals surface area contributed by atoms with Gasteiger partial charge in [-0.05, 0) is 55.8 Å². The summed E-state index contributed by atoms with van der Waals surface area (Å²) >= 11 is 0. The van der Waals surface area contributed by atoms with Gasteiger partial charge in [-0.25, -0.2) is 4.79 Å². The van der Waals surface area contributed by atoms with Crippen LogP contribution >= 0.6 is 0 Å². The van der Waals surface area contributed by atoms with Gasteiger partial charge in [-0.15, -0.1) is 0 Å². The Morgan fingerprint density at radius 3 is 2.11 bits per heavy atom. The number of alkyl halides is 3. The van der Waals surface area contributed by atoms with Gasteiger partial charge < -0.3 is 31.9 Å². The predicted molar refractivity (Wildman–Crippen MR) is 136 cm³/mol. The van der Waals surface area contributed by atoms with E-state index in [1.807, 2.05) is 24.3 Å². The van der Waals surface area contributed by atoms with E-state index in [2.05, 4.69) is 17.4 Å². The smallest absolute Gasteiger partial charge is 0.490 e. The third kappa shape index (κ3) is 12.1. The van der Waals surface area contributed by atoms with Gasteiger partial charge in [-0.2, -0.15) is 13.2 Å². The van der Waals surface area contributed by atoms with Crippen LogP contribution in [0.25, 0.3) is 0 Å². The maximum atomic E-state index is 13.0. The Morgan fingerprint density at radius 1 is 0.947 bits per heavy atom. The van der Waals surface area contributed by atoms with E-state index in [9.17, 15) is 27.9 Å². The first-order chi connectivity index (χ1) is 18.0. The third-order valence-corrected chi connectivity index (χ3v) is 5.50. The molecule has 9 nitrogen and oxygen atoms in total. The summed E-state index contributed by atoms with van der Waals surface area (Å²) in [6.45, 7) is 1.07. The van der Waals surface area contributed by atoms with E-state index < -0.39 is 18.2 Å². The number of amides is 2. The molecule has 0 aliphatic carbocycles. The number of halogens is 3. The molecule has 0 spiro atoms. The normalized spacial score (nSPS) is 11.6. The SMILES string of the molecule is NCCCC(C(=O)NCCCc1ccccc1)N(CCc1ccccc1O)C(=O)CN.O=C(O)C(F)(F)F. The van der Waals surface area contributed by atoms with Crippen molar-refractivity contribution in [2.24, 2.45) is 11.5 Å². The average molecular weight is 541 g/mol. The average Bonchev–Trinajstić information content (AvgIpc) is 2.89. The Balaban J connectivity index is 0.000000905. The minimum Gasteiger partial charge on any atom is -0.508 e. The first-order valence-electron chi connectivity index (χ1n) is 12.1. The van der Waals surface area contributed by atoms with Crippen LogP contribution < -0.4 is 16.8 Å². The minimum atomic E-state index is -5.08. The molecule has 1 atom stereocenters. The number of nitrogens with zero attached hydrogens (tertiary/aromatic N) is 1. The monoisotopic (exact) mass is 540 g/mol. The first-order valence-corrected chi connectivity index (χ1v) is 12.1. The van der Waals surface area contributed by atoms with E-state index in [4.69, 9.17) is 21.4 Å². The van der Waals surface area contributed by atoms with Crippen LogP contribution in [0.2, 0.25) is 0 Å². The van der Waals surface area contributed by atoms with Crippen LogP contribution in [-0.4, -0.2) is 71.3 Å². The minimum absolute atomic E-state index is 0.173. The third-order valence-electron chi connectivity index (χ3n) is 5.50. The molecule has 2 aromatic rings. The topological polar surface area (TPSA) is 159 Å². The van der Waals surface area contributed by atoms with Gasteiger partial charge in [-0.1, -0.05) is 48.5 Å². The zero-order valence-corrected chi connectivity index (χ0v) is 21.0. The lowest BCUT2D eigenvalue weighted by molar-refractivity contribution is -0.192. The van der Waals surface area contributed by atoms with Crippen molar-refractivity contribution in [3.05, 3.63) is 65.7 Å². The molecular formula is C26H35F3N4O5. The number of aliphatic carboxylic acids is 1. The standard InChI is InChI=1S/C24H34N4O3.C2HF3O2/c25-15-6-12-21(24(31)27-16-7-10-19-8-2-1-3-9-19)28(23(30)18-26)17-14-20-11-4-5-13-22(20)29;3-2(4,5)1(6)7/h1-5,8-9,11,13,21,29H,6-7,10,12,14-18,25-26H2,(H,27,31);(H,6,7). The Hall–Kier alpha value is -3.64. The molecule has 0 fully saturated rings. The summed E-state index contributed by atoms with van der Waals surface area (Å²) in [5.41, 5.74) is 13.2. The molecule has 0 aromatic heterocycles. The Morgan fingerprint density at radius 2 is 1.55 bits per heavy atom. The molecule has 0 radical (unpaired) electrons. The number of aromatic hydroxyl groups is 1. The Labute approximate surface area is 219 Å². The lowest BCUT2D eigenvalue weighted by atomic mass is 10.1. The summed E-state index contributed by atoms with van der Waals surface area (Å²) in [6, 6.07) is 16.4. The van der Waals surface area contributed by atoms with Crippen molar-refractivity contribution in [3.8, 4) is 5.75 Å². The highest BCUT2D eigenvalue weighted by molar-refractivity contribution is 5.88.